The van der Waals surface area contributed by atoms with E-state index in [-0.39, 0.29) is 28.2 Å². The first-order valence-electron chi connectivity index (χ1n) is 5.25. The topological polar surface area (TPSA) is 52.6 Å². The number of methoxy groups -OCH3 is 2. The molecule has 3 fully saturated rings. The van der Waals surface area contributed by atoms with Crippen molar-refractivity contribution in [1.29, 1.82) is 0 Å². The van der Waals surface area contributed by atoms with Crippen LogP contribution in [-0.2, 0) is 19.1 Å². The summed E-state index contributed by atoms with van der Waals surface area (Å²) in [7, 11) is 2.84. The average molecular weight is 210 g/mol. The Bertz CT molecular complexity index is 331. The van der Waals surface area contributed by atoms with Gasteiger partial charge in [-0.25, -0.2) is 0 Å². The van der Waals surface area contributed by atoms with E-state index in [9.17, 15) is 9.59 Å². The van der Waals surface area contributed by atoms with Crippen molar-refractivity contribution in [1.82, 2.24) is 0 Å². The summed E-state index contributed by atoms with van der Waals surface area (Å²) in [6.45, 7) is 0. The van der Waals surface area contributed by atoms with E-state index in [2.05, 4.69) is 0 Å². The van der Waals surface area contributed by atoms with Crippen molar-refractivity contribution in [3.63, 3.8) is 0 Å². The fraction of sp³-hybridized carbons (Fsp3) is 0.818. The highest BCUT2D eigenvalue weighted by Gasteiger charge is 2.95. The zero-order chi connectivity index (χ0) is 10.9. The van der Waals surface area contributed by atoms with E-state index in [4.69, 9.17) is 9.47 Å². The lowest BCUT2D eigenvalue weighted by Gasteiger charge is -2.11. The van der Waals surface area contributed by atoms with Crippen LogP contribution in [0, 0.1) is 16.2 Å². The van der Waals surface area contributed by atoms with Crippen LogP contribution in [0.5, 0.6) is 0 Å². The summed E-state index contributed by atoms with van der Waals surface area (Å²) < 4.78 is 9.68. The van der Waals surface area contributed by atoms with Crippen LogP contribution in [0.1, 0.15) is 25.7 Å². The van der Waals surface area contributed by atoms with Crippen LogP contribution in [0.25, 0.3) is 0 Å². The molecule has 3 rings (SSSR count). The predicted octanol–water partition coefficient (Wildman–Crippen LogP) is 0.893. The fourth-order valence-corrected chi connectivity index (χ4v) is 4.01. The molecule has 0 aromatic heterocycles. The van der Waals surface area contributed by atoms with Crippen molar-refractivity contribution >= 4 is 11.9 Å². The summed E-state index contributed by atoms with van der Waals surface area (Å²) in [5.41, 5.74) is -0.758. The second-order valence-corrected chi connectivity index (χ2v) is 5.08. The molecule has 4 heteroatoms. The van der Waals surface area contributed by atoms with Crippen molar-refractivity contribution in [2.75, 3.05) is 14.2 Å². The van der Waals surface area contributed by atoms with Gasteiger partial charge in [-0.05, 0) is 25.7 Å². The first kappa shape index (κ1) is 9.19. The molecule has 4 nitrogen and oxygen atoms in total. The van der Waals surface area contributed by atoms with Crippen LogP contribution in [0.15, 0.2) is 0 Å². The van der Waals surface area contributed by atoms with Crippen molar-refractivity contribution < 1.29 is 19.1 Å². The Morgan fingerprint density at radius 3 is 1.60 bits per heavy atom. The molecule has 15 heavy (non-hydrogen) atoms. The molecule has 3 saturated carbocycles. The molecule has 2 atom stereocenters. The Labute approximate surface area is 87.9 Å². The fourth-order valence-electron chi connectivity index (χ4n) is 4.01. The van der Waals surface area contributed by atoms with E-state index in [1.54, 1.807) is 0 Å². The Hall–Kier alpha value is -1.06. The van der Waals surface area contributed by atoms with Crippen molar-refractivity contribution in [3.05, 3.63) is 0 Å². The number of carbonyl (C=O) groups is 2. The maximum absolute atomic E-state index is 11.7. The van der Waals surface area contributed by atoms with E-state index < -0.39 is 0 Å². The lowest BCUT2D eigenvalue weighted by molar-refractivity contribution is -0.147. The molecule has 0 amide bonds. The molecule has 0 aromatic rings. The van der Waals surface area contributed by atoms with Crippen molar-refractivity contribution in [3.8, 4) is 0 Å². The lowest BCUT2D eigenvalue weighted by Crippen LogP contribution is -2.18. The van der Waals surface area contributed by atoms with E-state index >= 15 is 0 Å². The van der Waals surface area contributed by atoms with Crippen LogP contribution in [-0.4, -0.2) is 26.2 Å². The van der Waals surface area contributed by atoms with E-state index in [0.717, 1.165) is 25.7 Å². The summed E-state index contributed by atoms with van der Waals surface area (Å²) in [6.07, 6.45) is 3.22. The molecular weight excluding hydrogens is 196 g/mol. The highest BCUT2D eigenvalue weighted by molar-refractivity contribution is 5.93. The summed E-state index contributed by atoms with van der Waals surface area (Å²) in [5, 5.41) is 0. The number of rotatable bonds is 2. The maximum Gasteiger partial charge on any atom is 0.312 e. The van der Waals surface area contributed by atoms with Gasteiger partial charge in [-0.3, -0.25) is 9.59 Å². The van der Waals surface area contributed by atoms with Gasteiger partial charge in [0.1, 0.15) is 0 Å². The normalized spacial score (nSPS) is 48.9. The van der Waals surface area contributed by atoms with Crippen LogP contribution in [0.3, 0.4) is 0 Å². The summed E-state index contributed by atoms with van der Waals surface area (Å²) in [5.74, 6) is -0.267. The molecule has 0 saturated heterocycles. The van der Waals surface area contributed by atoms with Gasteiger partial charge in [0.15, 0.2) is 0 Å². The number of esters is 2. The summed E-state index contributed by atoms with van der Waals surface area (Å²) >= 11 is 0. The lowest BCUT2D eigenvalue weighted by atomic mass is 9.98. The Kier molecular flexibility index (Phi) is 1.35. The van der Waals surface area contributed by atoms with Gasteiger partial charge in [0.25, 0.3) is 0 Å². The number of hydrogen-bond donors (Lipinski definition) is 0. The first-order chi connectivity index (χ1) is 7.08. The molecule has 82 valence electrons. The molecule has 0 radical (unpaired) electrons. The second-order valence-electron chi connectivity index (χ2n) is 5.08. The van der Waals surface area contributed by atoms with E-state index in [1.807, 2.05) is 0 Å². The average Bonchev–Trinajstić information content (AvgIpc) is 3.11. The standard InChI is InChI=1S/C11H14O4/c1-14-7(12)9-3-4-10(8(13)15-2)6-11(9,10)5-9/h3-6H2,1-2H3. The van der Waals surface area contributed by atoms with Gasteiger partial charge in [-0.15, -0.1) is 0 Å². The monoisotopic (exact) mass is 210 g/mol. The zero-order valence-corrected chi connectivity index (χ0v) is 8.96. The molecule has 2 unspecified atom stereocenters. The molecule has 0 aromatic carbocycles. The van der Waals surface area contributed by atoms with E-state index in [1.165, 1.54) is 14.2 Å². The second kappa shape index (κ2) is 2.20. The largest absolute Gasteiger partial charge is 0.469 e. The Morgan fingerprint density at radius 2 is 1.33 bits per heavy atom. The van der Waals surface area contributed by atoms with Gasteiger partial charge in [-0.1, -0.05) is 0 Å². The van der Waals surface area contributed by atoms with Gasteiger partial charge < -0.3 is 9.47 Å². The van der Waals surface area contributed by atoms with Crippen LogP contribution in [0.4, 0.5) is 0 Å². The predicted molar refractivity (Wildman–Crippen MR) is 49.8 cm³/mol. The molecule has 3 aliphatic carbocycles. The van der Waals surface area contributed by atoms with Gasteiger partial charge in [0.05, 0.1) is 25.0 Å². The van der Waals surface area contributed by atoms with Gasteiger partial charge >= 0.3 is 11.9 Å². The third-order valence-electron chi connectivity index (χ3n) is 4.92. The molecule has 0 aliphatic heterocycles. The first-order valence-corrected chi connectivity index (χ1v) is 5.25. The minimum Gasteiger partial charge on any atom is -0.469 e. The maximum atomic E-state index is 11.7. The van der Waals surface area contributed by atoms with Gasteiger partial charge in [0, 0.05) is 5.41 Å². The van der Waals surface area contributed by atoms with E-state index in [0.29, 0.717) is 0 Å². The van der Waals surface area contributed by atoms with Gasteiger partial charge in [0.2, 0.25) is 0 Å². The number of hydrogen-bond acceptors (Lipinski definition) is 4. The third kappa shape index (κ3) is 0.674. The minimum absolute atomic E-state index is 0.0831. The smallest absolute Gasteiger partial charge is 0.312 e. The van der Waals surface area contributed by atoms with Crippen molar-refractivity contribution in [2.24, 2.45) is 16.2 Å². The summed E-state index contributed by atoms with van der Waals surface area (Å²) in [4.78, 5) is 23.4. The van der Waals surface area contributed by atoms with Gasteiger partial charge in [-0.2, -0.15) is 0 Å². The third-order valence-corrected chi connectivity index (χ3v) is 4.92. The summed E-state index contributed by atoms with van der Waals surface area (Å²) in [6, 6.07) is 0. The quantitative estimate of drug-likeness (QED) is 0.635. The van der Waals surface area contributed by atoms with Crippen LogP contribution in [0.2, 0.25) is 0 Å². The SMILES string of the molecule is COC(=O)C12CCC3(C(=O)OC)CC13C2. The molecule has 0 heterocycles. The molecule has 0 N–H and O–H groups in total. The van der Waals surface area contributed by atoms with Crippen LogP contribution >= 0.6 is 0 Å². The molecule has 3 aliphatic rings. The minimum atomic E-state index is -0.337. The highest BCUT2D eigenvalue weighted by atomic mass is 16.5. The number of carbonyl (C=O) groups excluding carboxylic acids is 2. The molecule has 1 spiro atoms. The van der Waals surface area contributed by atoms with Crippen molar-refractivity contribution in [2.45, 2.75) is 25.7 Å². The Balaban J connectivity index is 1.90. The highest BCUT2D eigenvalue weighted by Crippen LogP contribution is 2.95. The van der Waals surface area contributed by atoms with Crippen LogP contribution < -0.4 is 0 Å². The molecule has 0 bridgehead atoms. The molecular formula is C11H14O4. The zero-order valence-electron chi connectivity index (χ0n) is 8.96. The Morgan fingerprint density at radius 1 is 0.933 bits per heavy atom. The number of ether oxygens (including phenoxy) is 2.